The van der Waals surface area contributed by atoms with Crippen LogP contribution in [-0.4, -0.2) is 16.7 Å². The molecule has 1 aliphatic rings. The van der Waals surface area contributed by atoms with Gasteiger partial charge in [-0.3, -0.25) is 14.6 Å². The fraction of sp³-hybridized carbons (Fsp3) is 0.133. The Labute approximate surface area is 124 Å². The number of halogens is 1. The number of ketones is 1. The number of pyridine rings is 1. The topological polar surface area (TPSA) is 59.1 Å². The van der Waals surface area contributed by atoms with Crippen LogP contribution in [-0.2, 0) is 11.2 Å². The average molecular weight is 331 g/mol. The Morgan fingerprint density at radius 2 is 2.00 bits per heavy atom. The van der Waals surface area contributed by atoms with Gasteiger partial charge in [0.25, 0.3) is 0 Å². The zero-order valence-electron chi connectivity index (χ0n) is 10.5. The van der Waals surface area contributed by atoms with E-state index >= 15 is 0 Å². The maximum Gasteiger partial charge on any atom is 0.224 e. The highest BCUT2D eigenvalue weighted by Gasteiger charge is 2.17. The fourth-order valence-corrected chi connectivity index (χ4v) is 2.59. The first-order valence-electron chi connectivity index (χ1n) is 6.21. The smallest absolute Gasteiger partial charge is 0.224 e. The molecule has 0 unspecified atom stereocenters. The number of nitrogens with zero attached hydrogens (tertiary/aromatic N) is 1. The lowest BCUT2D eigenvalue weighted by atomic mass is 9.97. The molecular weight excluding hydrogens is 320 g/mol. The van der Waals surface area contributed by atoms with Crippen LogP contribution < -0.4 is 5.32 Å². The second-order valence-electron chi connectivity index (χ2n) is 4.64. The van der Waals surface area contributed by atoms with E-state index in [9.17, 15) is 9.59 Å². The van der Waals surface area contributed by atoms with Gasteiger partial charge in [0.1, 0.15) is 0 Å². The maximum absolute atomic E-state index is 12.4. The van der Waals surface area contributed by atoms with Gasteiger partial charge in [0.05, 0.1) is 0 Å². The Morgan fingerprint density at radius 3 is 2.80 bits per heavy atom. The first-order chi connectivity index (χ1) is 9.63. The van der Waals surface area contributed by atoms with Crippen LogP contribution in [0, 0.1) is 0 Å². The number of benzene rings is 1. The van der Waals surface area contributed by atoms with Crippen molar-refractivity contribution < 1.29 is 9.59 Å². The monoisotopic (exact) mass is 330 g/mol. The molecule has 0 saturated heterocycles. The summed E-state index contributed by atoms with van der Waals surface area (Å²) in [6.07, 6.45) is 4.32. The summed E-state index contributed by atoms with van der Waals surface area (Å²) in [7, 11) is 0. The number of aryl methyl sites for hydroxylation is 1. The third-order valence-electron chi connectivity index (χ3n) is 3.23. The van der Waals surface area contributed by atoms with Crippen molar-refractivity contribution in [2.24, 2.45) is 0 Å². The summed E-state index contributed by atoms with van der Waals surface area (Å²) in [5, 5.41) is 2.80. The van der Waals surface area contributed by atoms with Crippen LogP contribution in [0.4, 0.5) is 5.69 Å². The van der Waals surface area contributed by atoms with E-state index in [0.29, 0.717) is 24.0 Å². The van der Waals surface area contributed by atoms with Crippen molar-refractivity contribution >= 4 is 33.3 Å². The average Bonchev–Trinajstić information content (AvgIpc) is 2.46. The molecule has 0 atom stereocenters. The second-order valence-corrected chi connectivity index (χ2v) is 5.56. The van der Waals surface area contributed by atoms with Gasteiger partial charge < -0.3 is 5.32 Å². The summed E-state index contributed by atoms with van der Waals surface area (Å²) in [5.74, 6) is -0.0498. The van der Waals surface area contributed by atoms with Crippen LogP contribution in [0.15, 0.2) is 41.1 Å². The van der Waals surface area contributed by atoms with Crippen LogP contribution in [0.2, 0.25) is 0 Å². The summed E-state index contributed by atoms with van der Waals surface area (Å²) < 4.78 is 0.772. The first kappa shape index (κ1) is 13.0. The fourth-order valence-electron chi connectivity index (χ4n) is 2.23. The van der Waals surface area contributed by atoms with Crippen molar-refractivity contribution in [1.82, 2.24) is 4.98 Å². The quantitative estimate of drug-likeness (QED) is 0.861. The summed E-state index contributed by atoms with van der Waals surface area (Å²) in [6, 6.07) is 7.10. The molecule has 100 valence electrons. The Kier molecular flexibility index (Phi) is 3.36. The van der Waals surface area contributed by atoms with Crippen molar-refractivity contribution in [3.63, 3.8) is 0 Å². The molecule has 1 aromatic carbocycles. The number of fused-ring (bicyclic) bond motifs is 1. The third-order valence-corrected chi connectivity index (χ3v) is 3.66. The molecule has 1 amide bonds. The minimum Gasteiger partial charge on any atom is -0.326 e. The van der Waals surface area contributed by atoms with E-state index in [2.05, 4.69) is 26.2 Å². The molecular formula is C15H11BrN2O2. The second kappa shape index (κ2) is 5.17. The molecule has 4 nitrogen and oxygen atoms in total. The molecule has 3 rings (SSSR count). The highest BCUT2D eigenvalue weighted by molar-refractivity contribution is 9.10. The van der Waals surface area contributed by atoms with Crippen LogP contribution in [0.3, 0.4) is 0 Å². The molecule has 5 heteroatoms. The molecule has 0 aliphatic carbocycles. The van der Waals surface area contributed by atoms with E-state index in [-0.39, 0.29) is 11.7 Å². The highest BCUT2D eigenvalue weighted by Crippen LogP contribution is 2.25. The van der Waals surface area contributed by atoms with E-state index in [4.69, 9.17) is 0 Å². The van der Waals surface area contributed by atoms with Gasteiger partial charge in [0.15, 0.2) is 5.78 Å². The highest BCUT2D eigenvalue weighted by atomic mass is 79.9. The van der Waals surface area contributed by atoms with Crippen LogP contribution >= 0.6 is 15.9 Å². The number of hydrogen-bond donors (Lipinski definition) is 1. The van der Waals surface area contributed by atoms with Crippen molar-refractivity contribution in [2.45, 2.75) is 12.8 Å². The summed E-state index contributed by atoms with van der Waals surface area (Å²) in [4.78, 5) is 27.7. The summed E-state index contributed by atoms with van der Waals surface area (Å²) >= 11 is 3.31. The predicted octanol–water partition coefficient (Wildman–Crippen LogP) is 2.96. The van der Waals surface area contributed by atoms with Gasteiger partial charge in [0, 0.05) is 40.1 Å². The molecule has 1 aliphatic heterocycles. The van der Waals surface area contributed by atoms with E-state index in [0.717, 1.165) is 15.7 Å². The minimum atomic E-state index is -0.0708. The van der Waals surface area contributed by atoms with E-state index in [1.165, 1.54) is 0 Å². The summed E-state index contributed by atoms with van der Waals surface area (Å²) in [6.45, 7) is 0. The van der Waals surface area contributed by atoms with Gasteiger partial charge >= 0.3 is 0 Å². The van der Waals surface area contributed by atoms with Crippen molar-refractivity contribution in [3.05, 3.63) is 57.8 Å². The number of rotatable bonds is 2. The van der Waals surface area contributed by atoms with Gasteiger partial charge in [-0.25, -0.2) is 0 Å². The molecule has 1 N–H and O–H groups in total. The maximum atomic E-state index is 12.4. The number of carbonyl (C=O) groups is 2. The third kappa shape index (κ3) is 2.49. The van der Waals surface area contributed by atoms with Gasteiger partial charge in [-0.05, 0) is 52.2 Å². The lowest BCUT2D eigenvalue weighted by Crippen LogP contribution is -2.19. The molecule has 20 heavy (non-hydrogen) atoms. The number of carbonyl (C=O) groups excluding carboxylic acids is 2. The number of nitrogens with one attached hydrogen (secondary N) is 1. The number of amides is 1. The molecule has 2 heterocycles. The number of anilines is 1. The van der Waals surface area contributed by atoms with Crippen LogP contribution in [0.1, 0.15) is 27.9 Å². The van der Waals surface area contributed by atoms with Gasteiger partial charge in [0.2, 0.25) is 5.91 Å². The molecule has 0 fully saturated rings. The Hall–Kier alpha value is -2.01. The van der Waals surface area contributed by atoms with E-state index in [1.807, 2.05) is 6.07 Å². The Morgan fingerprint density at radius 1 is 1.15 bits per heavy atom. The van der Waals surface area contributed by atoms with E-state index in [1.54, 1.807) is 30.6 Å². The summed E-state index contributed by atoms with van der Waals surface area (Å²) in [5.41, 5.74) is 2.95. The van der Waals surface area contributed by atoms with Crippen LogP contribution in [0.25, 0.3) is 0 Å². The normalized spacial score (nSPS) is 13.6. The Bertz CT molecular complexity index is 713. The largest absolute Gasteiger partial charge is 0.326 e. The standard InChI is InChI=1S/C15H11BrN2O2/c16-12-6-11(7-17-8-12)15(20)10-1-3-13-9(5-10)2-4-14(19)18-13/h1,3,5-8H,2,4H2,(H,18,19). The molecule has 1 aromatic heterocycles. The molecule has 2 aromatic rings. The Balaban J connectivity index is 1.95. The minimum absolute atomic E-state index is 0.0211. The zero-order valence-corrected chi connectivity index (χ0v) is 12.1. The number of aromatic nitrogens is 1. The van der Waals surface area contributed by atoms with Gasteiger partial charge in [-0.2, -0.15) is 0 Å². The van der Waals surface area contributed by atoms with Crippen molar-refractivity contribution in [2.75, 3.05) is 5.32 Å². The lowest BCUT2D eigenvalue weighted by Gasteiger charge is -2.17. The molecule has 0 bridgehead atoms. The van der Waals surface area contributed by atoms with Gasteiger partial charge in [-0.1, -0.05) is 0 Å². The SMILES string of the molecule is O=C1CCc2cc(C(=O)c3cncc(Br)c3)ccc2N1. The molecule has 0 radical (unpaired) electrons. The van der Waals surface area contributed by atoms with Gasteiger partial charge in [-0.15, -0.1) is 0 Å². The lowest BCUT2D eigenvalue weighted by molar-refractivity contribution is -0.116. The number of hydrogen-bond acceptors (Lipinski definition) is 3. The zero-order chi connectivity index (χ0) is 14.1. The van der Waals surface area contributed by atoms with Crippen molar-refractivity contribution in [1.29, 1.82) is 0 Å². The molecule has 0 spiro atoms. The van der Waals surface area contributed by atoms with Crippen molar-refractivity contribution in [3.8, 4) is 0 Å². The first-order valence-corrected chi connectivity index (χ1v) is 7.01. The van der Waals surface area contributed by atoms with Crippen LogP contribution in [0.5, 0.6) is 0 Å². The molecule has 0 saturated carbocycles. The predicted molar refractivity (Wildman–Crippen MR) is 78.8 cm³/mol. The van der Waals surface area contributed by atoms with E-state index < -0.39 is 0 Å².